The Hall–Kier alpha value is -2.44. The molecule has 7 heteroatoms. The molecule has 2 heterocycles. The van der Waals surface area contributed by atoms with E-state index in [-0.39, 0.29) is 11.4 Å². The minimum atomic E-state index is -1.13. The molecular formula is C10H9N3O4. The number of hydrogen-bond acceptors (Lipinski definition) is 5. The van der Waals surface area contributed by atoms with Crippen LogP contribution in [0.1, 0.15) is 26.7 Å². The lowest BCUT2D eigenvalue weighted by Crippen LogP contribution is -2.06. The summed E-state index contributed by atoms with van der Waals surface area (Å²) in [5.74, 6) is -1.72. The Balaban J connectivity index is 2.64. The second kappa shape index (κ2) is 3.85. The molecule has 0 saturated carbocycles. The van der Waals surface area contributed by atoms with E-state index >= 15 is 0 Å². The molecule has 0 aliphatic heterocycles. The molecule has 88 valence electrons. The second-order valence-electron chi connectivity index (χ2n) is 3.38. The average molecular weight is 235 g/mol. The zero-order valence-corrected chi connectivity index (χ0v) is 9.17. The highest BCUT2D eigenvalue weighted by molar-refractivity contribution is 5.89. The van der Waals surface area contributed by atoms with Crippen molar-refractivity contribution < 1.29 is 19.4 Å². The average Bonchev–Trinajstić information content (AvgIpc) is 2.72. The number of carboxylic acid groups (broad SMARTS) is 1. The summed E-state index contributed by atoms with van der Waals surface area (Å²) in [6, 6.07) is 2.76. The summed E-state index contributed by atoms with van der Waals surface area (Å²) in [6.07, 6.45) is 0. The van der Waals surface area contributed by atoms with E-state index in [1.807, 2.05) is 0 Å². The number of fused-ring (bicyclic) bond motifs is 1. The molecular weight excluding hydrogens is 226 g/mol. The molecule has 0 radical (unpaired) electrons. The molecule has 0 amide bonds. The molecule has 0 aliphatic rings. The van der Waals surface area contributed by atoms with Crippen LogP contribution < -0.4 is 0 Å². The molecule has 0 bridgehead atoms. The van der Waals surface area contributed by atoms with Crippen LogP contribution in [0.3, 0.4) is 0 Å². The SMILES string of the molecule is COC(=O)c1cc2nc(C(=O)O)cc(C)n2n1. The van der Waals surface area contributed by atoms with E-state index in [0.717, 1.165) is 0 Å². The van der Waals surface area contributed by atoms with Gasteiger partial charge in [-0.2, -0.15) is 5.10 Å². The lowest BCUT2D eigenvalue weighted by molar-refractivity contribution is 0.0592. The monoisotopic (exact) mass is 235 g/mol. The van der Waals surface area contributed by atoms with Crippen molar-refractivity contribution in [1.29, 1.82) is 0 Å². The van der Waals surface area contributed by atoms with Crippen LogP contribution in [0.25, 0.3) is 5.65 Å². The largest absolute Gasteiger partial charge is 0.477 e. The first-order chi connectivity index (χ1) is 8.02. The highest BCUT2D eigenvalue weighted by Gasteiger charge is 2.15. The Labute approximate surface area is 95.6 Å². The van der Waals surface area contributed by atoms with Gasteiger partial charge in [-0.3, -0.25) is 0 Å². The van der Waals surface area contributed by atoms with Gasteiger partial charge >= 0.3 is 11.9 Å². The predicted octanol–water partition coefficient (Wildman–Crippen LogP) is 0.523. The molecule has 0 spiro atoms. The van der Waals surface area contributed by atoms with Crippen LogP contribution in [-0.4, -0.2) is 38.8 Å². The molecule has 0 saturated heterocycles. The van der Waals surface area contributed by atoms with Crippen molar-refractivity contribution in [1.82, 2.24) is 14.6 Å². The summed E-state index contributed by atoms with van der Waals surface area (Å²) >= 11 is 0. The standard InChI is InChI=1S/C10H9N3O4/c1-5-3-6(9(14)15)11-8-4-7(10(16)17-2)12-13(5)8/h3-4H,1-2H3,(H,14,15). The molecule has 0 fully saturated rings. The maximum Gasteiger partial charge on any atom is 0.358 e. The molecule has 1 N–H and O–H groups in total. The number of aryl methyl sites for hydroxylation is 1. The first-order valence-corrected chi connectivity index (χ1v) is 4.72. The minimum absolute atomic E-state index is 0.0886. The Kier molecular flexibility index (Phi) is 2.51. The van der Waals surface area contributed by atoms with Gasteiger partial charge in [0.25, 0.3) is 0 Å². The quantitative estimate of drug-likeness (QED) is 0.763. The van der Waals surface area contributed by atoms with Crippen molar-refractivity contribution in [3.8, 4) is 0 Å². The third-order valence-electron chi connectivity index (χ3n) is 2.22. The van der Waals surface area contributed by atoms with E-state index < -0.39 is 11.9 Å². The zero-order valence-electron chi connectivity index (χ0n) is 9.17. The Morgan fingerprint density at radius 1 is 1.35 bits per heavy atom. The molecule has 0 atom stereocenters. The molecule has 2 aromatic heterocycles. The molecule has 2 aromatic rings. The third kappa shape index (κ3) is 1.82. The number of methoxy groups -OCH3 is 1. The van der Waals surface area contributed by atoms with Crippen LogP contribution in [0.15, 0.2) is 12.1 Å². The normalized spacial score (nSPS) is 10.5. The summed E-state index contributed by atoms with van der Waals surface area (Å²) in [6.45, 7) is 1.68. The first-order valence-electron chi connectivity index (χ1n) is 4.72. The first kappa shape index (κ1) is 11.1. The van der Waals surface area contributed by atoms with Gasteiger partial charge in [-0.15, -0.1) is 0 Å². The fourth-order valence-electron chi connectivity index (χ4n) is 1.44. The number of esters is 1. The zero-order chi connectivity index (χ0) is 12.6. The van der Waals surface area contributed by atoms with Crippen LogP contribution in [0, 0.1) is 6.92 Å². The van der Waals surface area contributed by atoms with E-state index in [2.05, 4.69) is 14.8 Å². The van der Waals surface area contributed by atoms with Crippen molar-refractivity contribution in [3.05, 3.63) is 29.2 Å². The Morgan fingerprint density at radius 3 is 2.65 bits per heavy atom. The summed E-state index contributed by atoms with van der Waals surface area (Å²) in [4.78, 5) is 25.9. The van der Waals surface area contributed by atoms with E-state index in [0.29, 0.717) is 11.3 Å². The van der Waals surface area contributed by atoms with Crippen molar-refractivity contribution in [2.24, 2.45) is 0 Å². The summed E-state index contributed by atoms with van der Waals surface area (Å²) in [7, 11) is 1.25. The van der Waals surface area contributed by atoms with Crippen LogP contribution in [0.5, 0.6) is 0 Å². The molecule has 7 nitrogen and oxygen atoms in total. The van der Waals surface area contributed by atoms with Gasteiger partial charge in [0.05, 0.1) is 7.11 Å². The second-order valence-corrected chi connectivity index (χ2v) is 3.38. The van der Waals surface area contributed by atoms with Gasteiger partial charge in [0.15, 0.2) is 17.0 Å². The van der Waals surface area contributed by atoms with Crippen LogP contribution in [0.2, 0.25) is 0 Å². The number of nitrogens with zero attached hydrogens (tertiary/aromatic N) is 3. The van der Waals surface area contributed by atoms with Gasteiger partial charge in [0.1, 0.15) is 0 Å². The molecule has 0 aliphatic carbocycles. The highest BCUT2D eigenvalue weighted by Crippen LogP contribution is 2.10. The van der Waals surface area contributed by atoms with E-state index in [1.165, 1.54) is 23.8 Å². The van der Waals surface area contributed by atoms with Crippen molar-refractivity contribution in [2.75, 3.05) is 7.11 Å². The number of carbonyl (C=O) groups is 2. The molecule has 0 aromatic carbocycles. The van der Waals surface area contributed by atoms with Crippen LogP contribution in [-0.2, 0) is 4.74 Å². The smallest absolute Gasteiger partial charge is 0.358 e. The van der Waals surface area contributed by atoms with Crippen LogP contribution >= 0.6 is 0 Å². The minimum Gasteiger partial charge on any atom is -0.477 e. The topological polar surface area (TPSA) is 93.8 Å². The number of ether oxygens (including phenoxy) is 1. The number of rotatable bonds is 2. The lowest BCUT2D eigenvalue weighted by Gasteiger charge is -1.99. The van der Waals surface area contributed by atoms with E-state index in [9.17, 15) is 9.59 Å². The van der Waals surface area contributed by atoms with Gasteiger partial charge in [0.2, 0.25) is 0 Å². The number of carbonyl (C=O) groups excluding carboxylic acids is 1. The highest BCUT2D eigenvalue weighted by atomic mass is 16.5. The summed E-state index contributed by atoms with van der Waals surface area (Å²) in [5.41, 5.74) is 0.863. The van der Waals surface area contributed by atoms with Gasteiger partial charge in [-0.25, -0.2) is 19.1 Å². The van der Waals surface area contributed by atoms with Crippen LogP contribution in [0.4, 0.5) is 0 Å². The Morgan fingerprint density at radius 2 is 2.06 bits per heavy atom. The number of hydrogen-bond donors (Lipinski definition) is 1. The molecule has 17 heavy (non-hydrogen) atoms. The number of aromatic nitrogens is 3. The van der Waals surface area contributed by atoms with Gasteiger partial charge in [-0.05, 0) is 13.0 Å². The Bertz CT molecular complexity index is 617. The maximum absolute atomic E-state index is 11.3. The summed E-state index contributed by atoms with van der Waals surface area (Å²) in [5, 5.41) is 12.8. The predicted molar refractivity (Wildman–Crippen MR) is 56.0 cm³/mol. The van der Waals surface area contributed by atoms with Crippen molar-refractivity contribution in [3.63, 3.8) is 0 Å². The van der Waals surface area contributed by atoms with Crippen molar-refractivity contribution >= 4 is 17.6 Å². The van der Waals surface area contributed by atoms with E-state index in [4.69, 9.17) is 5.11 Å². The fraction of sp³-hybridized carbons (Fsp3) is 0.200. The molecule has 2 rings (SSSR count). The van der Waals surface area contributed by atoms with Gasteiger partial charge in [-0.1, -0.05) is 0 Å². The van der Waals surface area contributed by atoms with Crippen molar-refractivity contribution in [2.45, 2.75) is 6.92 Å². The van der Waals surface area contributed by atoms with E-state index in [1.54, 1.807) is 6.92 Å². The maximum atomic E-state index is 11.3. The summed E-state index contributed by atoms with van der Waals surface area (Å²) < 4.78 is 5.91. The van der Waals surface area contributed by atoms with Gasteiger partial charge in [0, 0.05) is 11.8 Å². The fourth-order valence-corrected chi connectivity index (χ4v) is 1.44. The van der Waals surface area contributed by atoms with Gasteiger partial charge < -0.3 is 9.84 Å². The number of carboxylic acids is 1. The third-order valence-corrected chi connectivity index (χ3v) is 2.22. The number of aromatic carboxylic acids is 1. The molecule has 0 unspecified atom stereocenters. The lowest BCUT2D eigenvalue weighted by atomic mass is 10.3.